The Bertz CT molecular complexity index is 2570. The van der Waals surface area contributed by atoms with E-state index < -0.39 is 0 Å². The average molecular weight is 653 g/mol. The Labute approximate surface area is 301 Å². The number of allylic oxidation sites excluding steroid dienone is 11. The molecule has 0 unspecified atom stereocenters. The van der Waals surface area contributed by atoms with E-state index in [1.54, 1.807) is 0 Å². The van der Waals surface area contributed by atoms with E-state index in [0.717, 1.165) is 24.0 Å². The van der Waals surface area contributed by atoms with Gasteiger partial charge in [-0.1, -0.05) is 189 Å². The summed E-state index contributed by atoms with van der Waals surface area (Å²) in [6.45, 7) is 6.72. The van der Waals surface area contributed by atoms with Crippen molar-refractivity contribution in [3.05, 3.63) is 228 Å². The van der Waals surface area contributed by atoms with Gasteiger partial charge in [-0.3, -0.25) is 0 Å². The predicted molar refractivity (Wildman–Crippen MR) is 222 cm³/mol. The summed E-state index contributed by atoms with van der Waals surface area (Å²) in [6, 6.07) is 54.9. The molecular formula is C51H40. The van der Waals surface area contributed by atoms with Crippen LogP contribution in [0.1, 0.15) is 30.0 Å². The van der Waals surface area contributed by atoms with Crippen LogP contribution in [0.15, 0.2) is 211 Å². The van der Waals surface area contributed by atoms with Gasteiger partial charge in [0.2, 0.25) is 0 Å². The Balaban J connectivity index is 1.16. The lowest BCUT2D eigenvalue weighted by atomic mass is 9.85. The summed E-state index contributed by atoms with van der Waals surface area (Å²) < 4.78 is 0. The van der Waals surface area contributed by atoms with Gasteiger partial charge in [-0.05, 0) is 114 Å². The molecule has 0 bridgehead atoms. The summed E-state index contributed by atoms with van der Waals surface area (Å²) in [5.74, 6) is 0. The fraction of sp³-hybridized carbons (Fsp3) is 0.0588. The van der Waals surface area contributed by atoms with Gasteiger partial charge in [0, 0.05) is 0 Å². The molecule has 0 N–H and O–H groups in total. The van der Waals surface area contributed by atoms with Crippen LogP contribution < -0.4 is 0 Å². The highest BCUT2D eigenvalue weighted by Crippen LogP contribution is 2.37. The standard InChI is InChI=1S/C51H40/c1-3-45-36(2)24-27-38(40-29-31-42(32-30-40)51-35-44-18-9-10-20-47(44)48-21-11-12-22-49(48)51)19-13-23-46(41-15-5-4-6-16-41)50(45)33-26-37-25-28-39-14-7-8-17-43(39)34-37/h3-12,14-25,27-35H,2,13,26H2,1H3/b27-24-,38-19+,45-3-,46-23?,50-33+. The number of rotatable bonds is 5. The minimum absolute atomic E-state index is 0.803. The van der Waals surface area contributed by atoms with Gasteiger partial charge in [0.25, 0.3) is 0 Å². The molecule has 0 aliphatic heterocycles. The van der Waals surface area contributed by atoms with E-state index >= 15 is 0 Å². The van der Waals surface area contributed by atoms with Gasteiger partial charge in [-0.2, -0.15) is 0 Å². The van der Waals surface area contributed by atoms with Crippen molar-refractivity contribution in [1.82, 2.24) is 0 Å². The quantitative estimate of drug-likeness (QED) is 0.162. The van der Waals surface area contributed by atoms with E-state index in [0.29, 0.717) is 0 Å². The van der Waals surface area contributed by atoms with E-state index in [4.69, 9.17) is 0 Å². The lowest BCUT2D eigenvalue weighted by molar-refractivity contribution is 1.25. The summed E-state index contributed by atoms with van der Waals surface area (Å²) in [4.78, 5) is 0. The van der Waals surface area contributed by atoms with Crippen molar-refractivity contribution < 1.29 is 0 Å². The van der Waals surface area contributed by atoms with Crippen molar-refractivity contribution in [1.29, 1.82) is 0 Å². The fourth-order valence-corrected chi connectivity index (χ4v) is 7.47. The van der Waals surface area contributed by atoms with Crippen molar-refractivity contribution in [2.24, 2.45) is 0 Å². The molecule has 51 heavy (non-hydrogen) atoms. The molecule has 0 nitrogen and oxygen atoms in total. The van der Waals surface area contributed by atoms with E-state index in [9.17, 15) is 0 Å². The van der Waals surface area contributed by atoms with Crippen LogP contribution in [-0.2, 0) is 6.42 Å². The molecule has 7 aromatic carbocycles. The lowest BCUT2D eigenvalue weighted by Crippen LogP contribution is -1.99. The average Bonchev–Trinajstić information content (AvgIpc) is 3.19. The third-order valence-corrected chi connectivity index (χ3v) is 10.1. The van der Waals surface area contributed by atoms with Crippen LogP contribution in [0.2, 0.25) is 0 Å². The van der Waals surface area contributed by atoms with Gasteiger partial charge in [0.1, 0.15) is 0 Å². The highest BCUT2D eigenvalue weighted by atomic mass is 14.2. The van der Waals surface area contributed by atoms with Gasteiger partial charge in [-0.25, -0.2) is 0 Å². The maximum Gasteiger partial charge on any atom is -0.00878 e. The van der Waals surface area contributed by atoms with Crippen LogP contribution in [0, 0.1) is 0 Å². The minimum atomic E-state index is 0.803. The zero-order chi connectivity index (χ0) is 34.6. The molecule has 0 radical (unpaired) electrons. The molecular weight excluding hydrogens is 613 g/mol. The molecule has 0 heterocycles. The normalized spacial score (nSPS) is 17.1. The van der Waals surface area contributed by atoms with E-state index in [1.807, 2.05) is 0 Å². The summed E-state index contributed by atoms with van der Waals surface area (Å²) in [7, 11) is 0. The molecule has 0 saturated heterocycles. The first-order valence-corrected chi connectivity index (χ1v) is 17.9. The predicted octanol–water partition coefficient (Wildman–Crippen LogP) is 13.9. The van der Waals surface area contributed by atoms with Crippen LogP contribution >= 0.6 is 0 Å². The smallest absolute Gasteiger partial charge is 0.00878 e. The van der Waals surface area contributed by atoms with Crippen LogP contribution in [0.4, 0.5) is 0 Å². The summed E-state index contributed by atoms with van der Waals surface area (Å²) >= 11 is 0. The monoisotopic (exact) mass is 652 g/mol. The zero-order valence-electron chi connectivity index (χ0n) is 29.0. The third kappa shape index (κ3) is 6.57. The van der Waals surface area contributed by atoms with Crippen molar-refractivity contribution in [3.8, 4) is 11.1 Å². The zero-order valence-corrected chi connectivity index (χ0v) is 29.0. The largest absolute Gasteiger partial charge is 0.0911 e. The van der Waals surface area contributed by atoms with Gasteiger partial charge < -0.3 is 0 Å². The topological polar surface area (TPSA) is 0 Å². The molecule has 244 valence electrons. The highest BCUT2D eigenvalue weighted by Gasteiger charge is 2.16. The third-order valence-electron chi connectivity index (χ3n) is 10.1. The molecule has 0 fully saturated rings. The number of benzene rings is 7. The first-order chi connectivity index (χ1) is 25.2. The van der Waals surface area contributed by atoms with E-state index in [-0.39, 0.29) is 0 Å². The van der Waals surface area contributed by atoms with E-state index in [2.05, 4.69) is 202 Å². The number of hydrogen-bond donors (Lipinski definition) is 0. The Hall–Kier alpha value is -6.24. The Kier molecular flexibility index (Phi) is 8.98. The number of fused-ring (bicyclic) bond motifs is 4. The second kappa shape index (κ2) is 14.3. The first-order valence-electron chi connectivity index (χ1n) is 17.9. The molecule has 1 aliphatic rings. The molecule has 0 amide bonds. The lowest BCUT2D eigenvalue weighted by Gasteiger charge is -2.19. The summed E-state index contributed by atoms with van der Waals surface area (Å²) in [6.07, 6.45) is 15.4. The van der Waals surface area contributed by atoms with Crippen LogP contribution in [-0.4, -0.2) is 0 Å². The van der Waals surface area contributed by atoms with E-state index in [1.165, 1.54) is 76.9 Å². The fourth-order valence-electron chi connectivity index (χ4n) is 7.47. The molecule has 0 heteroatoms. The SMILES string of the molecule is C=C1/C=C\C(c2ccc(-c3cc4ccccc4c4ccccc34)cc2)=C/CC=C(c2ccccc2)C(=C/Cc2ccc3ccccc3c2)/C1=C\C. The van der Waals surface area contributed by atoms with Crippen molar-refractivity contribution in [2.75, 3.05) is 0 Å². The second-order valence-corrected chi connectivity index (χ2v) is 13.2. The number of hydrogen-bond acceptors (Lipinski definition) is 0. The second-order valence-electron chi connectivity index (χ2n) is 13.2. The summed E-state index contributed by atoms with van der Waals surface area (Å²) in [5.41, 5.74) is 12.0. The van der Waals surface area contributed by atoms with Crippen LogP contribution in [0.3, 0.4) is 0 Å². The van der Waals surface area contributed by atoms with Crippen molar-refractivity contribution >= 4 is 43.5 Å². The molecule has 0 saturated carbocycles. The minimum Gasteiger partial charge on any atom is -0.0911 e. The van der Waals surface area contributed by atoms with Gasteiger partial charge >= 0.3 is 0 Å². The Morgan fingerprint density at radius 1 is 0.529 bits per heavy atom. The molecule has 7 aromatic rings. The van der Waals surface area contributed by atoms with Crippen LogP contribution in [0.25, 0.3) is 54.6 Å². The molecule has 0 aromatic heterocycles. The summed E-state index contributed by atoms with van der Waals surface area (Å²) in [5, 5.41) is 7.66. The molecule has 1 aliphatic carbocycles. The van der Waals surface area contributed by atoms with Crippen molar-refractivity contribution in [2.45, 2.75) is 19.8 Å². The van der Waals surface area contributed by atoms with Crippen molar-refractivity contribution in [3.63, 3.8) is 0 Å². The Morgan fingerprint density at radius 2 is 1.20 bits per heavy atom. The van der Waals surface area contributed by atoms with Gasteiger partial charge in [0.05, 0.1) is 0 Å². The first kappa shape index (κ1) is 32.0. The Morgan fingerprint density at radius 3 is 1.98 bits per heavy atom. The van der Waals surface area contributed by atoms with Gasteiger partial charge in [0.15, 0.2) is 0 Å². The molecule has 0 spiro atoms. The maximum absolute atomic E-state index is 4.60. The maximum atomic E-state index is 4.60. The van der Waals surface area contributed by atoms with Crippen LogP contribution in [0.5, 0.6) is 0 Å². The van der Waals surface area contributed by atoms with Gasteiger partial charge in [-0.15, -0.1) is 0 Å². The molecule has 0 atom stereocenters. The highest BCUT2D eigenvalue weighted by molar-refractivity contribution is 6.13. The molecule has 8 rings (SSSR count).